The molecule has 3 aromatic rings. The highest BCUT2D eigenvalue weighted by Gasteiger charge is 2.15. The van der Waals surface area contributed by atoms with Crippen molar-refractivity contribution in [2.75, 3.05) is 0 Å². The van der Waals surface area contributed by atoms with Crippen molar-refractivity contribution in [1.82, 2.24) is 10.1 Å². The van der Waals surface area contributed by atoms with E-state index in [0.29, 0.717) is 33.5 Å². The van der Waals surface area contributed by atoms with Crippen molar-refractivity contribution < 1.29 is 9.32 Å². The van der Waals surface area contributed by atoms with E-state index < -0.39 is 0 Å². The molecule has 24 heavy (non-hydrogen) atoms. The molecule has 0 saturated carbocycles. The molecule has 0 aliphatic carbocycles. The molecule has 0 saturated heterocycles. The van der Waals surface area contributed by atoms with Crippen LogP contribution in [-0.4, -0.2) is 15.9 Å². The summed E-state index contributed by atoms with van der Waals surface area (Å²) in [5.74, 6) is 0.426. The Morgan fingerprint density at radius 1 is 1.12 bits per heavy atom. The molecule has 2 aromatic heterocycles. The summed E-state index contributed by atoms with van der Waals surface area (Å²) in [5, 5.41) is 5.09. The Hall–Kier alpha value is -1.88. The van der Waals surface area contributed by atoms with Crippen LogP contribution in [0.2, 0.25) is 15.2 Å². The van der Waals surface area contributed by atoms with Crippen molar-refractivity contribution in [3.8, 4) is 11.3 Å². The maximum Gasteiger partial charge on any atom is 0.166 e. The van der Waals surface area contributed by atoms with Crippen LogP contribution in [0.15, 0.2) is 47.1 Å². The van der Waals surface area contributed by atoms with Crippen molar-refractivity contribution >= 4 is 40.6 Å². The number of rotatable bonds is 5. The van der Waals surface area contributed by atoms with Crippen LogP contribution in [0.1, 0.15) is 22.5 Å². The highest BCUT2D eigenvalue weighted by atomic mass is 35.5. The molecule has 0 atom stereocenters. The van der Waals surface area contributed by atoms with E-state index in [1.165, 1.54) is 12.3 Å². The Balaban J connectivity index is 1.71. The molecule has 0 aliphatic rings. The third-order valence-corrected chi connectivity index (χ3v) is 4.25. The third kappa shape index (κ3) is 3.78. The molecular weight excluding hydrogens is 371 g/mol. The number of nitrogens with zero attached hydrogens (tertiary/aromatic N) is 2. The summed E-state index contributed by atoms with van der Waals surface area (Å²) in [6.07, 6.45) is 1.99. The lowest BCUT2D eigenvalue weighted by atomic mass is 10.1. The Labute approximate surface area is 153 Å². The molecule has 0 fully saturated rings. The summed E-state index contributed by atoms with van der Waals surface area (Å²) in [6, 6.07) is 10.6. The van der Waals surface area contributed by atoms with E-state index in [4.69, 9.17) is 39.3 Å². The van der Waals surface area contributed by atoms with E-state index in [0.717, 1.165) is 5.56 Å². The van der Waals surface area contributed by atoms with E-state index in [9.17, 15) is 4.79 Å². The fraction of sp³-hybridized carbons (Fsp3) is 0.118. The second kappa shape index (κ2) is 7.34. The second-order valence-corrected chi connectivity index (χ2v) is 6.28. The topological polar surface area (TPSA) is 56.0 Å². The molecule has 0 N–H and O–H groups in total. The molecule has 0 bridgehead atoms. The molecule has 0 spiro atoms. The van der Waals surface area contributed by atoms with Gasteiger partial charge in [0.25, 0.3) is 0 Å². The predicted molar refractivity (Wildman–Crippen MR) is 93.9 cm³/mol. The lowest BCUT2D eigenvalue weighted by molar-refractivity contribution is 0.0980. The van der Waals surface area contributed by atoms with Crippen LogP contribution < -0.4 is 0 Å². The highest BCUT2D eigenvalue weighted by molar-refractivity contribution is 6.34. The molecule has 3 rings (SSSR count). The summed E-state index contributed by atoms with van der Waals surface area (Å²) in [5.41, 5.74) is 1.71. The third-order valence-electron chi connectivity index (χ3n) is 3.41. The zero-order chi connectivity index (χ0) is 17.1. The van der Waals surface area contributed by atoms with Crippen molar-refractivity contribution in [1.29, 1.82) is 0 Å². The first-order valence-electron chi connectivity index (χ1n) is 7.09. The first kappa shape index (κ1) is 17.0. The number of carbonyl (C=O) groups excluding carboxylic acids is 1. The zero-order valence-electron chi connectivity index (χ0n) is 12.3. The minimum absolute atomic E-state index is 0.138. The summed E-state index contributed by atoms with van der Waals surface area (Å²) in [6.45, 7) is 0. The minimum Gasteiger partial charge on any atom is -0.361 e. The molecule has 0 unspecified atom stereocenters. The number of pyridine rings is 1. The average molecular weight is 382 g/mol. The molecule has 4 nitrogen and oxygen atoms in total. The standard InChI is InChI=1S/C17H11Cl3N2O2/c18-10-7-13(17(20)21-9-10)16(23)6-5-11-8-15(22-24-11)12-3-1-2-4-14(12)19/h1-4,7-9H,5-6H2. The number of aryl methyl sites for hydroxylation is 1. The number of benzene rings is 1. The number of Topliss-reactive ketones (excluding diaryl/α,β-unsaturated/α-hetero) is 1. The Morgan fingerprint density at radius 2 is 1.92 bits per heavy atom. The highest BCUT2D eigenvalue weighted by Crippen LogP contribution is 2.27. The lowest BCUT2D eigenvalue weighted by Crippen LogP contribution is -2.03. The van der Waals surface area contributed by atoms with E-state index in [1.54, 1.807) is 12.1 Å². The summed E-state index contributed by atoms with van der Waals surface area (Å²) < 4.78 is 5.28. The van der Waals surface area contributed by atoms with Gasteiger partial charge in [-0.15, -0.1) is 0 Å². The van der Waals surface area contributed by atoms with Gasteiger partial charge >= 0.3 is 0 Å². The van der Waals surface area contributed by atoms with Crippen LogP contribution >= 0.6 is 34.8 Å². The van der Waals surface area contributed by atoms with Crippen LogP contribution in [0.25, 0.3) is 11.3 Å². The quantitative estimate of drug-likeness (QED) is 0.432. The van der Waals surface area contributed by atoms with Crippen molar-refractivity contribution in [2.45, 2.75) is 12.8 Å². The largest absolute Gasteiger partial charge is 0.361 e. The van der Waals surface area contributed by atoms with Crippen molar-refractivity contribution in [2.24, 2.45) is 0 Å². The second-order valence-electron chi connectivity index (χ2n) is 5.07. The SMILES string of the molecule is O=C(CCc1cc(-c2ccccc2Cl)no1)c1cc(Cl)cnc1Cl. The molecule has 0 amide bonds. The summed E-state index contributed by atoms with van der Waals surface area (Å²) >= 11 is 17.9. The Morgan fingerprint density at radius 3 is 2.71 bits per heavy atom. The van der Waals surface area contributed by atoms with Gasteiger partial charge in [0, 0.05) is 30.7 Å². The molecule has 122 valence electrons. The molecule has 1 aromatic carbocycles. The van der Waals surface area contributed by atoms with Gasteiger partial charge in [-0.1, -0.05) is 58.2 Å². The number of ketones is 1. The van der Waals surface area contributed by atoms with Gasteiger partial charge in [-0.2, -0.15) is 0 Å². The molecule has 0 aliphatic heterocycles. The van der Waals surface area contributed by atoms with Gasteiger partial charge in [0.15, 0.2) is 5.78 Å². The number of halogens is 3. The van der Waals surface area contributed by atoms with Gasteiger partial charge in [-0.3, -0.25) is 4.79 Å². The Bertz CT molecular complexity index is 893. The van der Waals surface area contributed by atoms with E-state index in [1.807, 2.05) is 18.2 Å². The van der Waals surface area contributed by atoms with Gasteiger partial charge in [0.2, 0.25) is 0 Å². The van der Waals surface area contributed by atoms with Gasteiger partial charge in [-0.05, 0) is 12.1 Å². The average Bonchev–Trinajstić information content (AvgIpc) is 3.04. The van der Waals surface area contributed by atoms with Crippen LogP contribution in [0.5, 0.6) is 0 Å². The fourth-order valence-electron chi connectivity index (χ4n) is 2.22. The zero-order valence-corrected chi connectivity index (χ0v) is 14.6. The lowest BCUT2D eigenvalue weighted by Gasteiger charge is -2.02. The maximum absolute atomic E-state index is 12.3. The van der Waals surface area contributed by atoms with Gasteiger partial charge in [-0.25, -0.2) is 4.98 Å². The van der Waals surface area contributed by atoms with Crippen molar-refractivity contribution in [3.05, 3.63) is 69.1 Å². The van der Waals surface area contributed by atoms with Crippen LogP contribution in [-0.2, 0) is 6.42 Å². The molecule has 0 radical (unpaired) electrons. The monoisotopic (exact) mass is 380 g/mol. The van der Waals surface area contributed by atoms with Crippen LogP contribution in [0, 0.1) is 0 Å². The van der Waals surface area contributed by atoms with Gasteiger partial charge in [0.1, 0.15) is 16.6 Å². The number of aromatic nitrogens is 2. The minimum atomic E-state index is -0.161. The smallest absolute Gasteiger partial charge is 0.166 e. The first-order valence-corrected chi connectivity index (χ1v) is 8.22. The van der Waals surface area contributed by atoms with E-state index in [-0.39, 0.29) is 17.4 Å². The number of hydrogen-bond donors (Lipinski definition) is 0. The van der Waals surface area contributed by atoms with Crippen LogP contribution in [0.4, 0.5) is 0 Å². The van der Waals surface area contributed by atoms with Crippen LogP contribution in [0.3, 0.4) is 0 Å². The maximum atomic E-state index is 12.3. The van der Waals surface area contributed by atoms with Gasteiger partial charge < -0.3 is 4.52 Å². The van der Waals surface area contributed by atoms with Gasteiger partial charge in [0.05, 0.1) is 15.6 Å². The molecular formula is C17H11Cl3N2O2. The Kier molecular flexibility index (Phi) is 5.19. The van der Waals surface area contributed by atoms with E-state index in [2.05, 4.69) is 10.1 Å². The molecule has 7 heteroatoms. The fourth-order valence-corrected chi connectivity index (χ4v) is 2.82. The molecule has 2 heterocycles. The first-order chi connectivity index (χ1) is 11.5. The summed E-state index contributed by atoms with van der Waals surface area (Å²) in [7, 11) is 0. The predicted octanol–water partition coefficient (Wildman–Crippen LogP) is 5.51. The normalized spacial score (nSPS) is 10.8. The summed E-state index contributed by atoms with van der Waals surface area (Å²) in [4.78, 5) is 16.1. The van der Waals surface area contributed by atoms with E-state index >= 15 is 0 Å². The number of carbonyl (C=O) groups is 1. The number of hydrogen-bond acceptors (Lipinski definition) is 4. The van der Waals surface area contributed by atoms with Crippen molar-refractivity contribution in [3.63, 3.8) is 0 Å².